The number of hydrogen-bond acceptors (Lipinski definition) is 3. The van der Waals surface area contributed by atoms with Crippen molar-refractivity contribution in [1.82, 2.24) is 15.3 Å². The highest BCUT2D eigenvalue weighted by atomic mass is 16.5. The van der Waals surface area contributed by atoms with Gasteiger partial charge in [0.05, 0.1) is 0 Å². The molecule has 5 heteroatoms. The third-order valence-corrected chi connectivity index (χ3v) is 4.75. The predicted molar refractivity (Wildman–Crippen MR) is 96.7 cm³/mol. The van der Waals surface area contributed by atoms with Crippen LogP contribution in [0.3, 0.4) is 0 Å². The summed E-state index contributed by atoms with van der Waals surface area (Å²) in [6, 6.07) is 13.6. The number of aromatic amines is 1. The van der Waals surface area contributed by atoms with Crippen molar-refractivity contribution in [2.75, 3.05) is 0 Å². The maximum Gasteiger partial charge on any atom is 0.251 e. The van der Waals surface area contributed by atoms with Crippen LogP contribution in [-0.2, 0) is 0 Å². The third kappa shape index (κ3) is 3.65. The van der Waals surface area contributed by atoms with Crippen LogP contribution in [0.2, 0.25) is 0 Å². The van der Waals surface area contributed by atoms with Crippen LogP contribution < -0.4 is 10.1 Å². The van der Waals surface area contributed by atoms with E-state index >= 15 is 0 Å². The second kappa shape index (κ2) is 6.97. The molecule has 0 radical (unpaired) electrons. The second-order valence-electron chi connectivity index (χ2n) is 6.51. The molecule has 3 aromatic rings. The van der Waals surface area contributed by atoms with Crippen molar-refractivity contribution in [3.8, 4) is 5.88 Å². The monoisotopic (exact) mass is 335 g/mol. The molecule has 2 N–H and O–H groups in total. The molecule has 0 aliphatic heterocycles. The highest BCUT2D eigenvalue weighted by Crippen LogP contribution is 2.23. The van der Waals surface area contributed by atoms with Crippen LogP contribution in [0.4, 0.5) is 0 Å². The van der Waals surface area contributed by atoms with Gasteiger partial charge in [-0.05, 0) is 55.3 Å². The molecule has 1 aliphatic carbocycles. The normalized spacial score (nSPS) is 20.3. The van der Waals surface area contributed by atoms with E-state index in [0.29, 0.717) is 11.4 Å². The summed E-state index contributed by atoms with van der Waals surface area (Å²) in [7, 11) is 0. The molecule has 5 nitrogen and oxygen atoms in total. The SMILES string of the molecule is O=C(NC1CCC(Oc2ccccn2)CC1)c1ccc2cc[nH]c2c1. The zero-order valence-electron chi connectivity index (χ0n) is 13.9. The van der Waals surface area contributed by atoms with E-state index in [4.69, 9.17) is 4.74 Å². The fraction of sp³-hybridized carbons (Fsp3) is 0.300. The molecule has 1 aliphatic rings. The van der Waals surface area contributed by atoms with Gasteiger partial charge in [0, 0.05) is 35.6 Å². The number of hydrogen-bond donors (Lipinski definition) is 2. The first-order chi connectivity index (χ1) is 12.3. The van der Waals surface area contributed by atoms with Crippen molar-refractivity contribution in [3.63, 3.8) is 0 Å². The molecule has 0 atom stereocenters. The van der Waals surface area contributed by atoms with Crippen LogP contribution in [0, 0.1) is 0 Å². The molecule has 1 saturated carbocycles. The average Bonchev–Trinajstić information content (AvgIpc) is 3.12. The number of carbonyl (C=O) groups excluding carboxylic acids is 1. The lowest BCUT2D eigenvalue weighted by Gasteiger charge is -2.29. The van der Waals surface area contributed by atoms with Crippen molar-refractivity contribution >= 4 is 16.8 Å². The van der Waals surface area contributed by atoms with Crippen LogP contribution in [0.15, 0.2) is 54.9 Å². The molecule has 2 aromatic heterocycles. The van der Waals surface area contributed by atoms with Gasteiger partial charge in [0.25, 0.3) is 5.91 Å². The Morgan fingerprint density at radius 2 is 2.00 bits per heavy atom. The van der Waals surface area contributed by atoms with Crippen LogP contribution >= 0.6 is 0 Å². The van der Waals surface area contributed by atoms with E-state index < -0.39 is 0 Å². The Kier molecular flexibility index (Phi) is 4.37. The van der Waals surface area contributed by atoms with E-state index in [2.05, 4.69) is 15.3 Å². The lowest BCUT2D eigenvalue weighted by atomic mass is 9.92. The number of carbonyl (C=O) groups is 1. The van der Waals surface area contributed by atoms with Gasteiger partial charge < -0.3 is 15.0 Å². The first kappa shape index (κ1) is 15.7. The molecule has 0 spiro atoms. The number of pyridine rings is 1. The highest BCUT2D eigenvalue weighted by Gasteiger charge is 2.24. The Morgan fingerprint density at radius 1 is 1.12 bits per heavy atom. The summed E-state index contributed by atoms with van der Waals surface area (Å²) in [5.41, 5.74) is 1.68. The molecule has 0 bridgehead atoms. The minimum Gasteiger partial charge on any atom is -0.474 e. The number of aromatic nitrogens is 2. The minimum absolute atomic E-state index is 0.00871. The standard InChI is InChI=1S/C20H21N3O2/c24-20(15-5-4-14-10-12-21-18(14)13-15)23-16-6-8-17(9-7-16)25-19-3-1-2-11-22-19/h1-5,10-13,16-17,21H,6-9H2,(H,23,24). The molecule has 128 valence electrons. The summed E-state index contributed by atoms with van der Waals surface area (Å²) in [5, 5.41) is 4.27. The zero-order chi connectivity index (χ0) is 17.1. The average molecular weight is 335 g/mol. The second-order valence-corrected chi connectivity index (χ2v) is 6.51. The minimum atomic E-state index is -0.00871. The number of H-pyrrole nitrogens is 1. The van der Waals surface area contributed by atoms with Crippen molar-refractivity contribution in [2.24, 2.45) is 0 Å². The first-order valence-electron chi connectivity index (χ1n) is 8.73. The summed E-state index contributed by atoms with van der Waals surface area (Å²) in [5.74, 6) is 0.667. The summed E-state index contributed by atoms with van der Waals surface area (Å²) < 4.78 is 5.90. The van der Waals surface area contributed by atoms with Crippen molar-refractivity contribution < 1.29 is 9.53 Å². The predicted octanol–water partition coefficient (Wildman–Crippen LogP) is 3.68. The smallest absolute Gasteiger partial charge is 0.251 e. The maximum absolute atomic E-state index is 12.5. The largest absolute Gasteiger partial charge is 0.474 e. The summed E-state index contributed by atoms with van der Waals surface area (Å²) in [4.78, 5) is 19.8. The Labute approximate surface area is 146 Å². The number of nitrogens with zero attached hydrogens (tertiary/aromatic N) is 1. The van der Waals surface area contributed by atoms with Crippen LogP contribution in [-0.4, -0.2) is 28.0 Å². The quantitative estimate of drug-likeness (QED) is 0.764. The molecule has 25 heavy (non-hydrogen) atoms. The molecule has 0 unspecified atom stereocenters. The van der Waals surface area contributed by atoms with Crippen molar-refractivity contribution in [3.05, 3.63) is 60.4 Å². The lowest BCUT2D eigenvalue weighted by Crippen LogP contribution is -2.39. The van der Waals surface area contributed by atoms with Crippen LogP contribution in [0.1, 0.15) is 36.0 Å². The maximum atomic E-state index is 12.5. The number of rotatable bonds is 4. The van der Waals surface area contributed by atoms with E-state index in [-0.39, 0.29) is 18.1 Å². The fourth-order valence-electron chi connectivity index (χ4n) is 3.37. The number of fused-ring (bicyclic) bond motifs is 1. The zero-order valence-corrected chi connectivity index (χ0v) is 13.9. The third-order valence-electron chi connectivity index (χ3n) is 4.75. The number of ether oxygens (including phenoxy) is 1. The molecule has 1 amide bonds. The van der Waals surface area contributed by atoms with Gasteiger partial charge in [-0.15, -0.1) is 0 Å². The van der Waals surface area contributed by atoms with E-state index in [1.165, 1.54) is 0 Å². The molecule has 1 fully saturated rings. The highest BCUT2D eigenvalue weighted by molar-refractivity contribution is 5.98. The van der Waals surface area contributed by atoms with Crippen LogP contribution in [0.5, 0.6) is 5.88 Å². The number of amides is 1. The Morgan fingerprint density at radius 3 is 2.80 bits per heavy atom. The summed E-state index contributed by atoms with van der Waals surface area (Å²) in [6.07, 6.45) is 7.51. The summed E-state index contributed by atoms with van der Waals surface area (Å²) >= 11 is 0. The van der Waals surface area contributed by atoms with Gasteiger partial charge in [-0.1, -0.05) is 12.1 Å². The van der Waals surface area contributed by atoms with Gasteiger partial charge in [0.1, 0.15) is 6.10 Å². The molecule has 1 aromatic carbocycles. The Hall–Kier alpha value is -2.82. The Bertz CT molecular complexity index is 852. The van der Waals surface area contributed by atoms with E-state index in [0.717, 1.165) is 36.6 Å². The number of nitrogens with one attached hydrogen (secondary N) is 2. The van der Waals surface area contributed by atoms with E-state index in [1.807, 2.05) is 48.7 Å². The molecular weight excluding hydrogens is 314 g/mol. The first-order valence-corrected chi connectivity index (χ1v) is 8.73. The van der Waals surface area contributed by atoms with Gasteiger partial charge in [-0.2, -0.15) is 0 Å². The van der Waals surface area contributed by atoms with Gasteiger partial charge in [0.2, 0.25) is 5.88 Å². The van der Waals surface area contributed by atoms with Crippen LogP contribution in [0.25, 0.3) is 10.9 Å². The Balaban J connectivity index is 1.31. The van der Waals surface area contributed by atoms with Gasteiger partial charge >= 0.3 is 0 Å². The summed E-state index contributed by atoms with van der Waals surface area (Å²) in [6.45, 7) is 0. The van der Waals surface area contributed by atoms with Gasteiger partial charge in [-0.25, -0.2) is 4.98 Å². The van der Waals surface area contributed by atoms with E-state index in [9.17, 15) is 4.79 Å². The van der Waals surface area contributed by atoms with Crippen molar-refractivity contribution in [2.45, 2.75) is 37.8 Å². The van der Waals surface area contributed by atoms with E-state index in [1.54, 1.807) is 6.20 Å². The molecule has 2 heterocycles. The number of benzene rings is 1. The topological polar surface area (TPSA) is 67.0 Å². The van der Waals surface area contributed by atoms with Crippen molar-refractivity contribution in [1.29, 1.82) is 0 Å². The van der Waals surface area contributed by atoms with Gasteiger partial charge in [0.15, 0.2) is 0 Å². The molecule has 4 rings (SSSR count). The lowest BCUT2D eigenvalue weighted by molar-refractivity contribution is 0.0890. The van der Waals surface area contributed by atoms with Gasteiger partial charge in [-0.3, -0.25) is 4.79 Å². The molecule has 0 saturated heterocycles. The fourth-order valence-corrected chi connectivity index (χ4v) is 3.37. The molecular formula is C20H21N3O2.